The molecule has 3 aromatic rings. The Morgan fingerprint density at radius 3 is 2.67 bits per heavy atom. The number of ether oxygens (including phenoxy) is 1. The number of hydrogen-bond acceptors (Lipinski definition) is 4. The summed E-state index contributed by atoms with van der Waals surface area (Å²) in [7, 11) is 0. The molecule has 2 aromatic carbocycles. The minimum absolute atomic E-state index is 0.129. The third-order valence-electron chi connectivity index (χ3n) is 3.71. The van der Waals surface area contributed by atoms with Gasteiger partial charge in [0.1, 0.15) is 11.7 Å². The van der Waals surface area contributed by atoms with Gasteiger partial charge in [0.15, 0.2) is 5.43 Å². The van der Waals surface area contributed by atoms with E-state index in [1.54, 1.807) is 37.3 Å². The molecule has 0 bridgehead atoms. The van der Waals surface area contributed by atoms with Gasteiger partial charge in [-0.1, -0.05) is 41.4 Å². The summed E-state index contributed by atoms with van der Waals surface area (Å²) < 4.78 is 10.9. The van der Waals surface area contributed by atoms with Crippen molar-refractivity contribution in [1.29, 1.82) is 0 Å². The highest BCUT2D eigenvalue weighted by atomic mass is 35.5. The van der Waals surface area contributed by atoms with Gasteiger partial charge in [0, 0.05) is 16.7 Å². The Morgan fingerprint density at radius 1 is 1.17 bits per heavy atom. The molecule has 0 fully saturated rings. The fourth-order valence-electron chi connectivity index (χ4n) is 2.46. The van der Waals surface area contributed by atoms with Crippen molar-refractivity contribution in [1.82, 2.24) is 0 Å². The lowest BCUT2D eigenvalue weighted by Crippen LogP contribution is -2.12. The van der Waals surface area contributed by atoms with E-state index in [1.807, 2.05) is 19.1 Å². The SMILES string of the molecule is Cc1ccc2oc(C(=O)O[C@@H](C)c3ccccc3Cl)cc(=O)c2c1. The molecule has 0 aliphatic carbocycles. The molecule has 3 rings (SSSR count). The van der Waals surface area contributed by atoms with E-state index in [1.165, 1.54) is 0 Å². The van der Waals surface area contributed by atoms with Crippen LogP contribution in [0.15, 0.2) is 57.7 Å². The molecule has 5 heteroatoms. The molecule has 1 aromatic heterocycles. The number of aryl methyl sites for hydroxylation is 1. The minimum Gasteiger partial charge on any atom is -0.452 e. The molecule has 0 spiro atoms. The van der Waals surface area contributed by atoms with E-state index in [2.05, 4.69) is 0 Å². The van der Waals surface area contributed by atoms with Crippen LogP contribution in [0, 0.1) is 6.92 Å². The number of hydrogen-bond donors (Lipinski definition) is 0. The van der Waals surface area contributed by atoms with E-state index in [-0.39, 0.29) is 11.2 Å². The van der Waals surface area contributed by atoms with Gasteiger partial charge in [0.2, 0.25) is 5.76 Å². The van der Waals surface area contributed by atoms with Crippen LogP contribution < -0.4 is 5.43 Å². The number of esters is 1. The molecule has 1 heterocycles. The van der Waals surface area contributed by atoms with E-state index < -0.39 is 12.1 Å². The highest BCUT2D eigenvalue weighted by Gasteiger charge is 2.19. The summed E-state index contributed by atoms with van der Waals surface area (Å²) in [6.45, 7) is 3.59. The van der Waals surface area contributed by atoms with Crippen molar-refractivity contribution >= 4 is 28.5 Å². The van der Waals surface area contributed by atoms with Crippen molar-refractivity contribution < 1.29 is 13.9 Å². The lowest BCUT2D eigenvalue weighted by molar-refractivity contribution is 0.0302. The van der Waals surface area contributed by atoms with Crippen LogP contribution in [0.3, 0.4) is 0 Å². The van der Waals surface area contributed by atoms with E-state index in [0.29, 0.717) is 21.6 Å². The van der Waals surface area contributed by atoms with Gasteiger partial charge in [-0.2, -0.15) is 0 Å². The highest BCUT2D eigenvalue weighted by Crippen LogP contribution is 2.26. The second-order valence-corrected chi connectivity index (χ2v) is 5.95. The number of benzene rings is 2. The van der Waals surface area contributed by atoms with Crippen molar-refractivity contribution in [3.63, 3.8) is 0 Å². The molecule has 0 aliphatic heterocycles. The van der Waals surface area contributed by atoms with Crippen molar-refractivity contribution in [3.05, 3.63) is 80.7 Å². The first-order valence-electron chi connectivity index (χ1n) is 7.45. The maximum atomic E-state index is 12.3. The fraction of sp³-hybridized carbons (Fsp3) is 0.158. The monoisotopic (exact) mass is 342 g/mol. The van der Waals surface area contributed by atoms with Crippen molar-refractivity contribution in [2.45, 2.75) is 20.0 Å². The third kappa shape index (κ3) is 3.19. The van der Waals surface area contributed by atoms with E-state index in [0.717, 1.165) is 11.6 Å². The van der Waals surface area contributed by atoms with Crippen LogP contribution in [0.4, 0.5) is 0 Å². The average Bonchev–Trinajstić information content (AvgIpc) is 2.55. The van der Waals surface area contributed by atoms with Gasteiger partial charge in [-0.25, -0.2) is 4.79 Å². The van der Waals surface area contributed by atoms with Crippen LogP contribution in [-0.2, 0) is 4.74 Å². The van der Waals surface area contributed by atoms with Crippen molar-refractivity contribution in [3.8, 4) is 0 Å². The summed E-state index contributed by atoms with van der Waals surface area (Å²) >= 11 is 6.10. The molecule has 0 amide bonds. The number of fused-ring (bicyclic) bond motifs is 1. The molecule has 122 valence electrons. The number of rotatable bonds is 3. The van der Waals surface area contributed by atoms with E-state index in [9.17, 15) is 9.59 Å². The van der Waals surface area contributed by atoms with Gasteiger partial charge in [-0.05, 0) is 32.0 Å². The lowest BCUT2D eigenvalue weighted by Gasteiger charge is -2.14. The van der Waals surface area contributed by atoms with Crippen LogP contribution in [0.25, 0.3) is 11.0 Å². The Kier molecular flexibility index (Phi) is 4.40. The molecule has 4 nitrogen and oxygen atoms in total. The Labute approximate surface area is 143 Å². The molecule has 0 aliphatic rings. The Bertz CT molecular complexity index is 975. The third-order valence-corrected chi connectivity index (χ3v) is 4.06. The topological polar surface area (TPSA) is 56.5 Å². The van der Waals surface area contributed by atoms with Crippen molar-refractivity contribution in [2.24, 2.45) is 0 Å². The second kappa shape index (κ2) is 6.49. The summed E-state index contributed by atoms with van der Waals surface area (Å²) in [5.74, 6) is -0.836. The molecule has 0 saturated carbocycles. The average molecular weight is 343 g/mol. The molecule has 0 saturated heterocycles. The molecule has 24 heavy (non-hydrogen) atoms. The van der Waals surface area contributed by atoms with Crippen LogP contribution in [0.5, 0.6) is 0 Å². The molecule has 0 unspecified atom stereocenters. The smallest absolute Gasteiger partial charge is 0.374 e. The van der Waals surface area contributed by atoms with Crippen LogP contribution in [0.1, 0.15) is 34.7 Å². The first-order valence-corrected chi connectivity index (χ1v) is 7.83. The summed E-state index contributed by atoms with van der Waals surface area (Å²) in [6, 6.07) is 13.5. The molecule has 1 atom stereocenters. The summed E-state index contributed by atoms with van der Waals surface area (Å²) in [6.07, 6.45) is -0.565. The van der Waals surface area contributed by atoms with Gasteiger partial charge in [-0.3, -0.25) is 4.79 Å². The van der Waals surface area contributed by atoms with Crippen LogP contribution in [-0.4, -0.2) is 5.97 Å². The first kappa shape index (κ1) is 16.3. The minimum atomic E-state index is -0.706. The van der Waals surface area contributed by atoms with Gasteiger partial charge in [0.25, 0.3) is 0 Å². The molecular weight excluding hydrogens is 328 g/mol. The largest absolute Gasteiger partial charge is 0.452 e. The molecular formula is C19H15ClO4. The van der Waals surface area contributed by atoms with Crippen molar-refractivity contribution in [2.75, 3.05) is 0 Å². The standard InChI is InChI=1S/C19H15ClO4/c1-11-7-8-17-14(9-11)16(21)10-18(24-17)19(22)23-12(2)13-5-3-4-6-15(13)20/h3-10,12H,1-2H3/t12-/m0/s1. The Balaban J connectivity index is 1.90. The van der Waals surface area contributed by atoms with Crippen LogP contribution in [0.2, 0.25) is 5.02 Å². The maximum absolute atomic E-state index is 12.3. The Hall–Kier alpha value is -2.59. The normalized spacial score (nSPS) is 12.1. The molecule has 0 N–H and O–H groups in total. The number of halogens is 1. The van der Waals surface area contributed by atoms with E-state index >= 15 is 0 Å². The Morgan fingerprint density at radius 2 is 1.92 bits per heavy atom. The van der Waals surface area contributed by atoms with E-state index in [4.69, 9.17) is 20.8 Å². The van der Waals surface area contributed by atoms with Gasteiger partial charge in [-0.15, -0.1) is 0 Å². The zero-order valence-electron chi connectivity index (χ0n) is 13.2. The maximum Gasteiger partial charge on any atom is 0.374 e. The van der Waals surface area contributed by atoms with Crippen LogP contribution >= 0.6 is 11.6 Å². The predicted octanol–water partition coefficient (Wildman–Crippen LogP) is 4.67. The van der Waals surface area contributed by atoms with Gasteiger partial charge in [0.05, 0.1) is 5.39 Å². The van der Waals surface area contributed by atoms with Gasteiger partial charge < -0.3 is 9.15 Å². The quantitative estimate of drug-likeness (QED) is 0.649. The van der Waals surface area contributed by atoms with Gasteiger partial charge >= 0.3 is 5.97 Å². The summed E-state index contributed by atoms with van der Waals surface area (Å²) in [5.41, 5.74) is 1.70. The summed E-state index contributed by atoms with van der Waals surface area (Å²) in [5, 5.41) is 0.943. The second-order valence-electron chi connectivity index (χ2n) is 5.54. The molecule has 0 radical (unpaired) electrons. The zero-order valence-corrected chi connectivity index (χ0v) is 14.0. The fourth-order valence-corrected chi connectivity index (χ4v) is 2.75. The lowest BCUT2D eigenvalue weighted by atomic mass is 10.1. The summed E-state index contributed by atoms with van der Waals surface area (Å²) in [4.78, 5) is 24.5. The predicted molar refractivity (Wildman–Crippen MR) is 92.5 cm³/mol. The number of carbonyl (C=O) groups is 1. The number of carbonyl (C=O) groups excluding carboxylic acids is 1. The highest BCUT2D eigenvalue weighted by molar-refractivity contribution is 6.31. The zero-order chi connectivity index (χ0) is 17.3. The first-order chi connectivity index (χ1) is 11.5.